The summed E-state index contributed by atoms with van der Waals surface area (Å²) in [6.45, 7) is 13.5. The molecule has 2 fully saturated rings. The normalized spacial score (nSPS) is 35.5. The molecule has 0 saturated carbocycles. The maximum absolute atomic E-state index is 12.3. The van der Waals surface area contributed by atoms with Crippen LogP contribution in [0.15, 0.2) is 0 Å². The molecular weight excluding hydrogens is 268 g/mol. The zero-order valence-electron chi connectivity index (χ0n) is 14.0. The molecule has 4 atom stereocenters. The molecule has 0 aromatic heterocycles. The molecule has 2 aliphatic heterocycles. The van der Waals surface area contributed by atoms with Crippen LogP contribution in [-0.4, -0.2) is 60.9 Å². The molecule has 0 aromatic carbocycles. The topological polar surface area (TPSA) is 50.8 Å². The van der Waals surface area contributed by atoms with Gasteiger partial charge in [0.1, 0.15) is 5.60 Å². The second kappa shape index (κ2) is 6.63. The van der Waals surface area contributed by atoms with Crippen LogP contribution < -0.4 is 5.32 Å². The first kappa shape index (κ1) is 16.7. The summed E-state index contributed by atoms with van der Waals surface area (Å²) in [6.07, 6.45) is 1.40. The first-order valence-electron chi connectivity index (χ1n) is 8.07. The highest BCUT2D eigenvalue weighted by atomic mass is 16.6. The highest BCUT2D eigenvalue weighted by molar-refractivity contribution is 5.73. The van der Waals surface area contributed by atoms with E-state index < -0.39 is 5.60 Å². The Morgan fingerprint density at radius 2 is 1.81 bits per heavy atom. The van der Waals surface area contributed by atoms with Gasteiger partial charge in [-0.15, -0.1) is 0 Å². The quantitative estimate of drug-likeness (QED) is 0.781. The molecule has 21 heavy (non-hydrogen) atoms. The third-order valence-corrected chi connectivity index (χ3v) is 4.03. The SMILES string of the molecule is C[C@@H]1CN([C@@H]2CNC[C@H](C(=O)OC(C)(C)C)C2)C[C@H](C)O1. The van der Waals surface area contributed by atoms with Gasteiger partial charge in [-0.2, -0.15) is 0 Å². The summed E-state index contributed by atoms with van der Waals surface area (Å²) < 4.78 is 11.3. The Bertz CT molecular complexity index is 357. The summed E-state index contributed by atoms with van der Waals surface area (Å²) in [7, 11) is 0. The maximum atomic E-state index is 12.3. The highest BCUT2D eigenvalue weighted by Crippen LogP contribution is 2.23. The van der Waals surface area contributed by atoms with Gasteiger partial charge in [-0.25, -0.2) is 0 Å². The van der Waals surface area contributed by atoms with Crippen LogP contribution in [0.1, 0.15) is 41.0 Å². The Morgan fingerprint density at radius 3 is 2.38 bits per heavy atom. The monoisotopic (exact) mass is 298 g/mol. The number of nitrogens with zero attached hydrogens (tertiary/aromatic N) is 1. The van der Waals surface area contributed by atoms with Gasteiger partial charge < -0.3 is 14.8 Å². The van der Waals surface area contributed by atoms with E-state index in [0.29, 0.717) is 6.04 Å². The highest BCUT2D eigenvalue weighted by Gasteiger charge is 2.35. The Labute approximate surface area is 128 Å². The number of hydrogen-bond donors (Lipinski definition) is 1. The summed E-state index contributed by atoms with van der Waals surface area (Å²) in [5, 5.41) is 3.40. The molecule has 0 aromatic rings. The van der Waals surface area contributed by atoms with Crippen LogP contribution in [-0.2, 0) is 14.3 Å². The van der Waals surface area contributed by atoms with E-state index in [-0.39, 0.29) is 24.1 Å². The van der Waals surface area contributed by atoms with Crippen molar-refractivity contribution in [3.63, 3.8) is 0 Å². The van der Waals surface area contributed by atoms with E-state index in [4.69, 9.17) is 9.47 Å². The summed E-state index contributed by atoms with van der Waals surface area (Å²) in [5.74, 6) is -0.120. The lowest BCUT2D eigenvalue weighted by Gasteiger charge is -2.43. The van der Waals surface area contributed by atoms with Gasteiger partial charge in [0.25, 0.3) is 0 Å². The van der Waals surface area contributed by atoms with Crippen molar-refractivity contribution in [3.05, 3.63) is 0 Å². The van der Waals surface area contributed by atoms with Crippen LogP contribution >= 0.6 is 0 Å². The minimum atomic E-state index is -0.411. The Hall–Kier alpha value is -0.650. The second-order valence-corrected chi connectivity index (χ2v) is 7.49. The van der Waals surface area contributed by atoms with Crippen molar-refractivity contribution in [2.24, 2.45) is 5.92 Å². The maximum Gasteiger partial charge on any atom is 0.310 e. The average molecular weight is 298 g/mol. The molecule has 0 unspecified atom stereocenters. The van der Waals surface area contributed by atoms with Crippen molar-refractivity contribution < 1.29 is 14.3 Å². The number of morpholine rings is 1. The van der Waals surface area contributed by atoms with Gasteiger partial charge in [0, 0.05) is 32.2 Å². The van der Waals surface area contributed by atoms with Crippen LogP contribution in [0.5, 0.6) is 0 Å². The number of carbonyl (C=O) groups is 1. The fourth-order valence-corrected chi connectivity index (χ4v) is 3.28. The number of ether oxygens (including phenoxy) is 2. The van der Waals surface area contributed by atoms with Gasteiger partial charge in [0.2, 0.25) is 0 Å². The molecule has 5 heteroatoms. The number of rotatable bonds is 2. The van der Waals surface area contributed by atoms with E-state index >= 15 is 0 Å². The number of nitrogens with one attached hydrogen (secondary N) is 1. The van der Waals surface area contributed by atoms with Crippen LogP contribution in [0.2, 0.25) is 0 Å². The Kier molecular flexibility index (Phi) is 5.28. The van der Waals surface area contributed by atoms with E-state index in [9.17, 15) is 4.79 Å². The zero-order valence-corrected chi connectivity index (χ0v) is 14.0. The van der Waals surface area contributed by atoms with Crippen LogP contribution in [0.4, 0.5) is 0 Å². The van der Waals surface area contributed by atoms with E-state index in [1.54, 1.807) is 0 Å². The van der Waals surface area contributed by atoms with Gasteiger partial charge in [0.15, 0.2) is 0 Å². The predicted molar refractivity (Wildman–Crippen MR) is 82.2 cm³/mol. The van der Waals surface area contributed by atoms with Crippen LogP contribution in [0.3, 0.4) is 0 Å². The lowest BCUT2D eigenvalue weighted by atomic mass is 9.93. The van der Waals surface area contributed by atoms with Gasteiger partial charge >= 0.3 is 5.97 Å². The molecule has 2 aliphatic rings. The molecule has 0 bridgehead atoms. The van der Waals surface area contributed by atoms with E-state index in [2.05, 4.69) is 24.1 Å². The van der Waals surface area contributed by atoms with Gasteiger partial charge in [-0.3, -0.25) is 9.69 Å². The molecule has 1 N–H and O–H groups in total. The summed E-state index contributed by atoms with van der Waals surface area (Å²) >= 11 is 0. The van der Waals surface area contributed by atoms with Crippen molar-refractivity contribution >= 4 is 5.97 Å². The van der Waals surface area contributed by atoms with Crippen LogP contribution in [0, 0.1) is 5.92 Å². The summed E-state index contributed by atoms with van der Waals surface area (Å²) in [6, 6.07) is 0.394. The smallest absolute Gasteiger partial charge is 0.310 e. The van der Waals surface area contributed by atoms with Crippen molar-refractivity contribution in [1.29, 1.82) is 0 Å². The fourth-order valence-electron chi connectivity index (χ4n) is 3.28. The number of piperidine rings is 1. The summed E-state index contributed by atoms with van der Waals surface area (Å²) in [4.78, 5) is 14.7. The molecule has 5 nitrogen and oxygen atoms in total. The predicted octanol–water partition coefficient (Wildman–Crippen LogP) is 1.42. The van der Waals surface area contributed by atoms with Crippen molar-refractivity contribution in [2.45, 2.75) is 64.9 Å². The molecule has 2 saturated heterocycles. The summed E-state index contributed by atoms with van der Waals surface area (Å²) in [5.41, 5.74) is -0.411. The molecule has 0 radical (unpaired) electrons. The lowest BCUT2D eigenvalue weighted by molar-refractivity contribution is -0.161. The number of hydrogen-bond acceptors (Lipinski definition) is 5. The number of esters is 1. The standard InChI is InChI=1S/C16H30N2O3/c1-11-9-18(10-12(2)20-11)14-6-13(7-17-8-14)15(19)21-16(3,4)5/h11-14,17H,6-10H2,1-5H3/t11-,12+,13-,14+/m1/s1. The first-order valence-corrected chi connectivity index (χ1v) is 8.07. The molecule has 0 aliphatic carbocycles. The van der Waals surface area contributed by atoms with Crippen molar-refractivity contribution in [1.82, 2.24) is 10.2 Å². The molecule has 0 spiro atoms. The Morgan fingerprint density at radius 1 is 1.19 bits per heavy atom. The van der Waals surface area contributed by atoms with Crippen LogP contribution in [0.25, 0.3) is 0 Å². The van der Waals surface area contributed by atoms with Crippen molar-refractivity contribution in [3.8, 4) is 0 Å². The third-order valence-electron chi connectivity index (χ3n) is 4.03. The zero-order chi connectivity index (χ0) is 15.6. The first-order chi connectivity index (χ1) is 9.74. The van der Waals surface area contributed by atoms with Crippen molar-refractivity contribution in [2.75, 3.05) is 26.2 Å². The molecular formula is C16H30N2O3. The van der Waals surface area contributed by atoms with E-state index in [1.807, 2.05) is 20.8 Å². The second-order valence-electron chi connectivity index (χ2n) is 7.49. The number of carbonyl (C=O) groups excluding carboxylic acids is 1. The molecule has 122 valence electrons. The van der Waals surface area contributed by atoms with Gasteiger partial charge in [-0.05, 0) is 41.0 Å². The minimum absolute atomic E-state index is 0.0450. The third kappa shape index (κ3) is 4.94. The lowest BCUT2D eigenvalue weighted by Crippen LogP contribution is -2.56. The molecule has 2 heterocycles. The molecule has 0 amide bonds. The fraction of sp³-hybridized carbons (Fsp3) is 0.938. The van der Waals surface area contributed by atoms with Gasteiger partial charge in [0.05, 0.1) is 18.1 Å². The molecule has 2 rings (SSSR count). The minimum Gasteiger partial charge on any atom is -0.460 e. The van der Waals surface area contributed by atoms with E-state index in [1.165, 1.54) is 0 Å². The van der Waals surface area contributed by atoms with E-state index in [0.717, 1.165) is 32.6 Å². The largest absolute Gasteiger partial charge is 0.460 e. The van der Waals surface area contributed by atoms with Gasteiger partial charge in [-0.1, -0.05) is 0 Å². The average Bonchev–Trinajstić information content (AvgIpc) is 2.36. The Balaban J connectivity index is 1.92.